The molecule has 1 aromatic rings. The molecule has 1 rings (SSSR count). The highest BCUT2D eigenvalue weighted by Crippen LogP contribution is 2.12. The molecular formula is C13H21N3O. The number of carbonyl (C=O) groups excluding carboxylic acids is 1. The Labute approximate surface area is 103 Å². The first-order valence-corrected chi connectivity index (χ1v) is 6.05. The molecule has 1 aromatic heterocycles. The van der Waals surface area contributed by atoms with Crippen LogP contribution < -0.4 is 11.1 Å². The van der Waals surface area contributed by atoms with E-state index in [0.717, 1.165) is 18.4 Å². The maximum Gasteiger partial charge on any atom is 0.223 e. The summed E-state index contributed by atoms with van der Waals surface area (Å²) < 4.78 is 0. The molecule has 94 valence electrons. The number of carbonyl (C=O) groups is 1. The van der Waals surface area contributed by atoms with Gasteiger partial charge in [-0.2, -0.15) is 0 Å². The van der Waals surface area contributed by atoms with E-state index in [0.29, 0.717) is 6.54 Å². The lowest BCUT2D eigenvalue weighted by atomic mass is 10.0. The van der Waals surface area contributed by atoms with Gasteiger partial charge in [-0.25, -0.2) is 0 Å². The lowest BCUT2D eigenvalue weighted by molar-refractivity contribution is -0.125. The van der Waals surface area contributed by atoms with Gasteiger partial charge in [-0.05, 0) is 44.0 Å². The van der Waals surface area contributed by atoms with Crippen LogP contribution in [-0.4, -0.2) is 17.4 Å². The Bertz CT molecular complexity index is 340. The van der Waals surface area contributed by atoms with Crippen LogP contribution in [0.3, 0.4) is 0 Å². The van der Waals surface area contributed by atoms with Gasteiger partial charge in [0.05, 0.1) is 6.04 Å². The number of aromatic nitrogens is 1. The highest BCUT2D eigenvalue weighted by atomic mass is 16.1. The summed E-state index contributed by atoms with van der Waals surface area (Å²) in [7, 11) is 0. The highest BCUT2D eigenvalue weighted by Gasteiger charge is 2.15. The van der Waals surface area contributed by atoms with E-state index in [1.807, 2.05) is 26.0 Å². The molecule has 0 fully saturated rings. The van der Waals surface area contributed by atoms with Crippen molar-refractivity contribution >= 4 is 5.91 Å². The number of pyridine rings is 1. The van der Waals surface area contributed by atoms with Crippen molar-refractivity contribution in [3.8, 4) is 0 Å². The Hall–Kier alpha value is -1.42. The van der Waals surface area contributed by atoms with Crippen molar-refractivity contribution in [2.75, 3.05) is 6.54 Å². The van der Waals surface area contributed by atoms with E-state index >= 15 is 0 Å². The lowest BCUT2D eigenvalue weighted by Gasteiger charge is -2.17. The Kier molecular flexibility index (Phi) is 5.63. The smallest absolute Gasteiger partial charge is 0.223 e. The molecule has 1 amide bonds. The van der Waals surface area contributed by atoms with Crippen molar-refractivity contribution in [1.29, 1.82) is 0 Å². The number of hydrogen-bond acceptors (Lipinski definition) is 3. The van der Waals surface area contributed by atoms with Crippen molar-refractivity contribution in [2.24, 2.45) is 11.7 Å². The molecule has 17 heavy (non-hydrogen) atoms. The molecule has 4 nitrogen and oxygen atoms in total. The Morgan fingerprint density at radius 1 is 1.41 bits per heavy atom. The highest BCUT2D eigenvalue weighted by molar-refractivity contribution is 5.78. The molecule has 3 N–H and O–H groups in total. The van der Waals surface area contributed by atoms with Crippen LogP contribution in [0.2, 0.25) is 0 Å². The van der Waals surface area contributed by atoms with Crippen molar-refractivity contribution < 1.29 is 4.79 Å². The minimum Gasteiger partial charge on any atom is -0.349 e. The number of hydrogen-bond donors (Lipinski definition) is 2. The molecule has 2 unspecified atom stereocenters. The van der Waals surface area contributed by atoms with Crippen molar-refractivity contribution in [3.05, 3.63) is 30.1 Å². The van der Waals surface area contributed by atoms with Crippen molar-refractivity contribution in [2.45, 2.75) is 32.7 Å². The normalized spacial score (nSPS) is 14.1. The number of nitrogens with one attached hydrogen (secondary N) is 1. The molecule has 0 bridgehead atoms. The van der Waals surface area contributed by atoms with Gasteiger partial charge in [-0.3, -0.25) is 9.78 Å². The zero-order valence-corrected chi connectivity index (χ0v) is 10.5. The fraction of sp³-hybridized carbons (Fsp3) is 0.538. The summed E-state index contributed by atoms with van der Waals surface area (Å²) in [5, 5.41) is 3.00. The lowest BCUT2D eigenvalue weighted by Crippen LogP contribution is -2.31. The van der Waals surface area contributed by atoms with Crippen LogP contribution in [-0.2, 0) is 4.79 Å². The van der Waals surface area contributed by atoms with E-state index < -0.39 is 0 Å². The summed E-state index contributed by atoms with van der Waals surface area (Å²) in [6.45, 7) is 4.55. The minimum atomic E-state index is 0.0165. The van der Waals surface area contributed by atoms with Crippen LogP contribution in [0.4, 0.5) is 0 Å². The van der Waals surface area contributed by atoms with E-state index in [2.05, 4.69) is 10.3 Å². The second-order valence-corrected chi connectivity index (χ2v) is 4.34. The molecule has 0 aliphatic rings. The fourth-order valence-electron chi connectivity index (χ4n) is 1.65. The first kappa shape index (κ1) is 13.6. The summed E-state index contributed by atoms with van der Waals surface area (Å²) >= 11 is 0. The number of amides is 1. The van der Waals surface area contributed by atoms with Gasteiger partial charge < -0.3 is 11.1 Å². The monoisotopic (exact) mass is 235 g/mol. The molecule has 0 aliphatic carbocycles. The zero-order chi connectivity index (χ0) is 12.7. The molecule has 0 aromatic carbocycles. The topological polar surface area (TPSA) is 68.0 Å². The summed E-state index contributed by atoms with van der Waals surface area (Å²) in [4.78, 5) is 15.8. The summed E-state index contributed by atoms with van der Waals surface area (Å²) in [6.07, 6.45) is 5.19. The average Bonchev–Trinajstić information content (AvgIpc) is 2.36. The fourth-order valence-corrected chi connectivity index (χ4v) is 1.65. The third-order valence-corrected chi connectivity index (χ3v) is 2.85. The van der Waals surface area contributed by atoms with Gasteiger partial charge in [-0.1, -0.05) is 6.92 Å². The Morgan fingerprint density at radius 2 is 2.06 bits per heavy atom. The minimum absolute atomic E-state index is 0.0165. The predicted molar refractivity (Wildman–Crippen MR) is 68.2 cm³/mol. The van der Waals surface area contributed by atoms with Gasteiger partial charge in [-0.15, -0.1) is 0 Å². The molecule has 0 spiro atoms. The van der Waals surface area contributed by atoms with E-state index in [9.17, 15) is 4.79 Å². The maximum atomic E-state index is 11.9. The standard InChI is InChI=1S/C13H21N3O/c1-10(4-3-7-14)13(17)16-11(2)12-5-8-15-9-6-12/h5-6,8-11H,3-4,7,14H2,1-2H3,(H,16,17). The molecule has 0 aliphatic heterocycles. The van der Waals surface area contributed by atoms with Crippen LogP contribution >= 0.6 is 0 Å². The van der Waals surface area contributed by atoms with Gasteiger partial charge in [0.15, 0.2) is 0 Å². The molecular weight excluding hydrogens is 214 g/mol. The summed E-state index contributed by atoms with van der Waals surface area (Å²) in [5.74, 6) is 0.102. The van der Waals surface area contributed by atoms with Crippen LogP contribution in [0.15, 0.2) is 24.5 Å². The van der Waals surface area contributed by atoms with Gasteiger partial charge in [0.1, 0.15) is 0 Å². The SMILES string of the molecule is CC(CCCN)C(=O)NC(C)c1ccncc1. The maximum absolute atomic E-state index is 11.9. The zero-order valence-electron chi connectivity index (χ0n) is 10.5. The van der Waals surface area contributed by atoms with Crippen molar-refractivity contribution in [1.82, 2.24) is 10.3 Å². The number of rotatable bonds is 6. The molecule has 0 saturated heterocycles. The predicted octanol–water partition coefficient (Wildman–Crippen LogP) is 1.63. The second kappa shape index (κ2) is 7.01. The third kappa shape index (κ3) is 4.53. The number of nitrogens with zero attached hydrogens (tertiary/aromatic N) is 1. The van der Waals surface area contributed by atoms with E-state index in [1.54, 1.807) is 12.4 Å². The summed E-state index contributed by atoms with van der Waals surface area (Å²) in [6, 6.07) is 3.84. The second-order valence-electron chi connectivity index (χ2n) is 4.34. The first-order chi connectivity index (χ1) is 8.15. The van der Waals surface area contributed by atoms with Crippen molar-refractivity contribution in [3.63, 3.8) is 0 Å². The Morgan fingerprint density at radius 3 is 2.65 bits per heavy atom. The van der Waals surface area contributed by atoms with Gasteiger partial charge in [0.2, 0.25) is 5.91 Å². The quantitative estimate of drug-likeness (QED) is 0.787. The molecule has 4 heteroatoms. The first-order valence-electron chi connectivity index (χ1n) is 6.05. The van der Waals surface area contributed by atoms with Crippen LogP contribution in [0.1, 0.15) is 38.3 Å². The van der Waals surface area contributed by atoms with Crippen LogP contribution in [0.5, 0.6) is 0 Å². The van der Waals surface area contributed by atoms with Gasteiger partial charge in [0, 0.05) is 18.3 Å². The molecule has 0 radical (unpaired) electrons. The summed E-state index contributed by atoms with van der Waals surface area (Å²) in [5.41, 5.74) is 6.50. The van der Waals surface area contributed by atoms with Gasteiger partial charge >= 0.3 is 0 Å². The molecule has 0 saturated carbocycles. The van der Waals surface area contributed by atoms with E-state index in [-0.39, 0.29) is 17.9 Å². The Balaban J connectivity index is 2.46. The van der Waals surface area contributed by atoms with Crippen LogP contribution in [0, 0.1) is 5.92 Å². The molecule has 1 heterocycles. The molecule has 2 atom stereocenters. The number of nitrogens with two attached hydrogens (primary N) is 1. The average molecular weight is 235 g/mol. The largest absolute Gasteiger partial charge is 0.349 e. The van der Waals surface area contributed by atoms with E-state index in [1.165, 1.54) is 0 Å². The van der Waals surface area contributed by atoms with E-state index in [4.69, 9.17) is 5.73 Å². The third-order valence-electron chi connectivity index (χ3n) is 2.85. The van der Waals surface area contributed by atoms with Crippen LogP contribution in [0.25, 0.3) is 0 Å². The van der Waals surface area contributed by atoms with Gasteiger partial charge in [0.25, 0.3) is 0 Å².